The summed E-state index contributed by atoms with van der Waals surface area (Å²) in [6.07, 6.45) is 0. The molecule has 0 radical (unpaired) electrons. The normalized spacial score (nSPS) is 11.9. The highest BCUT2D eigenvalue weighted by Crippen LogP contribution is 2.53. The third kappa shape index (κ3) is 12.1. The maximum Gasteiger partial charge on any atom is 0.170 e. The van der Waals surface area contributed by atoms with E-state index in [4.69, 9.17) is 19.9 Å². The molecule has 20 heteroatoms. The highest BCUT2D eigenvalue weighted by atomic mass is 32.2. The van der Waals surface area contributed by atoms with Crippen LogP contribution in [0, 0.1) is 55.4 Å². The first-order valence-corrected chi connectivity index (χ1v) is 44.4. The Labute approximate surface area is 631 Å². The molecule has 0 N–H and O–H groups in total. The molecule has 0 aromatic carbocycles. The van der Waals surface area contributed by atoms with Gasteiger partial charge in [0.05, 0.1) is 19.5 Å². The molecule has 0 spiro atoms. The Hall–Kier alpha value is -6.38. The van der Waals surface area contributed by atoms with E-state index in [0.29, 0.717) is 11.6 Å². The van der Waals surface area contributed by atoms with Gasteiger partial charge in [-0.15, -0.1) is 181 Å². The van der Waals surface area contributed by atoms with Crippen LogP contribution < -0.4 is 0 Å². The molecule has 98 heavy (non-hydrogen) atoms. The molecule has 0 aliphatic carbocycles. The van der Waals surface area contributed by atoms with E-state index in [2.05, 4.69) is 225 Å². The molecule has 0 atom stereocenters. The summed E-state index contributed by atoms with van der Waals surface area (Å²) in [4.78, 5) is 62.9. The van der Waals surface area contributed by atoms with E-state index < -0.39 is 0 Å². The summed E-state index contributed by atoms with van der Waals surface area (Å²) >= 11 is 29.5. The van der Waals surface area contributed by atoms with E-state index >= 15 is 0 Å². The molecule has 480 valence electrons. The van der Waals surface area contributed by atoms with Crippen LogP contribution >= 0.6 is 181 Å². The van der Waals surface area contributed by atoms with Gasteiger partial charge in [0.15, 0.2) is 11.6 Å². The lowest BCUT2D eigenvalue weighted by molar-refractivity contribution is 1.18. The monoisotopic (exact) mass is 1560 g/mol. The number of thiophene rings is 16. The lowest BCUT2D eigenvalue weighted by atomic mass is 10.2. The van der Waals surface area contributed by atoms with Gasteiger partial charge in [-0.2, -0.15) is 0 Å². The number of nitrogens with zero attached hydrogens (tertiary/aromatic N) is 4. The largest absolute Gasteiger partial charge is 0.224 e. The molecule has 0 fully saturated rings. The second-order valence-corrected chi connectivity index (χ2v) is 42.0. The Kier molecular flexibility index (Phi) is 16.9. The predicted molar refractivity (Wildman–Crippen MR) is 446 cm³/mol. The molecule has 0 saturated carbocycles. The Morgan fingerprint density at radius 2 is 0.367 bits per heavy atom. The van der Waals surface area contributed by atoms with Crippen LogP contribution in [-0.4, -0.2) is 19.9 Å². The molecule has 0 saturated heterocycles. The van der Waals surface area contributed by atoms with E-state index in [1.165, 1.54) is 159 Å². The number of hydrogen-bond donors (Lipinski definition) is 0. The molecular formula is C78H52N4S16. The average molecular weight is 1560 g/mol. The SMILES string of the molecule is Cc1ccc(-c2ccc(-c3sc(-c4ccc(-c5nc(-c6ccc(-c7cc(C)c(-c8ccc(-c9ccc(C)s9)s8)s7)s6)c6nc(-c7ccc(-c8cc(C)c(-c9ccc(-c%10ccc(C)s%10)s9)s8)s7)nc(-c7ccc(-c8cc(C)c(-c9ccc(-c%10ccc(C)s%10)s9)s8)s7)c6n5)s4)cc3C)s2)s1. The van der Waals surface area contributed by atoms with Gasteiger partial charge in [0.1, 0.15) is 22.4 Å². The first-order valence-electron chi connectivity index (χ1n) is 31.3. The Morgan fingerprint density at radius 3 is 0.622 bits per heavy atom. The number of aromatic nitrogens is 4. The second kappa shape index (κ2) is 25.9. The molecule has 18 heterocycles. The zero-order valence-electron chi connectivity index (χ0n) is 53.5. The summed E-state index contributed by atoms with van der Waals surface area (Å²) in [5, 5.41) is 0. The summed E-state index contributed by atoms with van der Waals surface area (Å²) in [5.41, 5.74) is 8.22. The van der Waals surface area contributed by atoms with Gasteiger partial charge < -0.3 is 0 Å². The van der Waals surface area contributed by atoms with Gasteiger partial charge in [-0.25, -0.2) is 19.9 Å². The molecule has 0 unspecified atom stereocenters. The van der Waals surface area contributed by atoms with Gasteiger partial charge in [-0.1, -0.05) is 0 Å². The Bertz CT molecular complexity index is 5680. The fraction of sp³-hybridized carbons (Fsp3) is 0.103. The fourth-order valence-corrected chi connectivity index (χ4v) is 29.4. The topological polar surface area (TPSA) is 51.6 Å². The van der Waals surface area contributed by atoms with Crippen LogP contribution in [-0.2, 0) is 0 Å². The fourth-order valence-electron chi connectivity index (χ4n) is 12.0. The number of fused-ring (bicyclic) bond motifs is 1. The first kappa shape index (κ1) is 63.8. The maximum atomic E-state index is 5.71. The van der Waals surface area contributed by atoms with Crippen LogP contribution in [0.5, 0.6) is 0 Å². The minimum atomic E-state index is 0.664. The van der Waals surface area contributed by atoms with Crippen molar-refractivity contribution in [2.45, 2.75) is 55.4 Å². The lowest BCUT2D eigenvalue weighted by Crippen LogP contribution is -2.00. The quantitative estimate of drug-likeness (QED) is 0.0967. The third-order valence-electron chi connectivity index (χ3n) is 16.8. The van der Waals surface area contributed by atoms with E-state index in [0.717, 1.165) is 41.9 Å². The number of aryl methyl sites for hydroxylation is 8. The van der Waals surface area contributed by atoms with E-state index in [1.807, 2.05) is 136 Å². The van der Waals surface area contributed by atoms with Crippen molar-refractivity contribution in [3.8, 4) is 160 Å². The van der Waals surface area contributed by atoms with Gasteiger partial charge >= 0.3 is 0 Å². The zero-order valence-corrected chi connectivity index (χ0v) is 66.6. The molecule has 0 bridgehead atoms. The van der Waals surface area contributed by atoms with Crippen molar-refractivity contribution in [2.24, 2.45) is 0 Å². The molecule has 0 aliphatic heterocycles. The van der Waals surface area contributed by atoms with Crippen LogP contribution in [0.15, 0.2) is 170 Å². The molecule has 18 aromatic heterocycles. The lowest BCUT2D eigenvalue weighted by Gasteiger charge is -2.11. The first-order chi connectivity index (χ1) is 47.7. The number of rotatable bonds is 16. The zero-order chi connectivity index (χ0) is 66.2. The van der Waals surface area contributed by atoms with Crippen molar-refractivity contribution in [2.75, 3.05) is 0 Å². The summed E-state index contributed by atoms with van der Waals surface area (Å²) in [7, 11) is 0. The van der Waals surface area contributed by atoms with Crippen LogP contribution in [0.2, 0.25) is 0 Å². The van der Waals surface area contributed by atoms with Gasteiger partial charge in [-0.3, -0.25) is 0 Å². The van der Waals surface area contributed by atoms with Crippen molar-refractivity contribution in [3.05, 3.63) is 212 Å². The molecule has 18 aromatic rings. The van der Waals surface area contributed by atoms with Crippen molar-refractivity contribution in [3.63, 3.8) is 0 Å². The van der Waals surface area contributed by atoms with Crippen molar-refractivity contribution in [1.82, 2.24) is 19.9 Å². The average Bonchev–Trinajstić information content (AvgIpc) is 1.43. The van der Waals surface area contributed by atoms with E-state index in [-0.39, 0.29) is 0 Å². The molecular weight excluding hydrogens is 1510 g/mol. The van der Waals surface area contributed by atoms with Crippen LogP contribution in [0.3, 0.4) is 0 Å². The summed E-state index contributed by atoms with van der Waals surface area (Å²) < 4.78 is 0. The number of hydrogen-bond acceptors (Lipinski definition) is 20. The van der Waals surface area contributed by atoms with Gasteiger partial charge in [0.25, 0.3) is 0 Å². The molecule has 0 aliphatic rings. The molecule has 4 nitrogen and oxygen atoms in total. The standard InChI is InChI=1S/C78H52N4S16/c1-37-33-65(95-73(37)59-27-19-49(89-59)45-13-9-41(5)83-45)53-17-25-57(87-53)69-71-72(82-77(79-69)63-31-23-55(93-63)67-35-39(3)75(97-67)61-29-21-51(91-61)47-15-11-43(7)85-47)70(58-26-18-54(88-58)66-34-38(2)74(96-66)60-28-20-50(90-60)46-14-10-42(6)84-46)80-78(81-71)64-32-24-56(94-64)68-36-40(4)76(98-68)62-30-22-52(92-62)48-16-12-44(8)86-48/h9-36H,1-8H3. The van der Waals surface area contributed by atoms with Crippen LogP contribution in [0.4, 0.5) is 0 Å². The minimum Gasteiger partial charge on any atom is -0.224 e. The minimum absolute atomic E-state index is 0.664. The molecule has 0 amide bonds. The van der Waals surface area contributed by atoms with Crippen LogP contribution in [0.1, 0.15) is 41.8 Å². The highest BCUT2D eigenvalue weighted by Gasteiger charge is 2.27. The Balaban J connectivity index is 0.770. The van der Waals surface area contributed by atoms with Crippen molar-refractivity contribution in [1.29, 1.82) is 0 Å². The smallest absolute Gasteiger partial charge is 0.170 e. The summed E-state index contributed by atoms with van der Waals surface area (Å²) in [5.74, 6) is 1.33. The third-order valence-corrected chi connectivity index (χ3v) is 36.7. The second-order valence-electron chi connectivity index (χ2n) is 23.9. The van der Waals surface area contributed by atoms with Gasteiger partial charge in [0.2, 0.25) is 0 Å². The van der Waals surface area contributed by atoms with E-state index in [1.54, 1.807) is 45.3 Å². The van der Waals surface area contributed by atoms with Crippen LogP contribution in [0.25, 0.3) is 171 Å². The predicted octanol–water partition coefficient (Wildman–Crippen LogP) is 30.5. The molecule has 18 rings (SSSR count). The van der Waals surface area contributed by atoms with Crippen molar-refractivity contribution >= 4 is 192 Å². The van der Waals surface area contributed by atoms with Crippen molar-refractivity contribution < 1.29 is 0 Å². The Morgan fingerprint density at radius 1 is 0.173 bits per heavy atom. The van der Waals surface area contributed by atoms with E-state index in [9.17, 15) is 0 Å². The summed E-state index contributed by atoms with van der Waals surface area (Å²) in [6, 6.07) is 63.6. The summed E-state index contributed by atoms with van der Waals surface area (Å²) in [6.45, 7) is 17.7. The highest BCUT2D eigenvalue weighted by molar-refractivity contribution is 7.32. The van der Waals surface area contributed by atoms with Gasteiger partial charge in [-0.05, 0) is 248 Å². The van der Waals surface area contributed by atoms with Gasteiger partial charge in [0, 0.05) is 137 Å². The maximum absolute atomic E-state index is 5.71.